The highest BCUT2D eigenvalue weighted by atomic mass is 16.6. The van der Waals surface area contributed by atoms with Crippen LogP contribution in [0, 0.1) is 0 Å². The molecule has 0 aromatic rings. The quantitative estimate of drug-likeness (QED) is 0.500. The predicted molar refractivity (Wildman–Crippen MR) is 56.2 cm³/mol. The van der Waals surface area contributed by atoms with Crippen molar-refractivity contribution in [1.29, 1.82) is 0 Å². The molecule has 0 bridgehead atoms. The Labute approximate surface area is 90.2 Å². The van der Waals surface area contributed by atoms with Gasteiger partial charge in [-0.25, -0.2) is 0 Å². The van der Waals surface area contributed by atoms with E-state index in [-0.39, 0.29) is 18.5 Å². The maximum absolute atomic E-state index is 10.9. The molecule has 0 amide bonds. The zero-order valence-corrected chi connectivity index (χ0v) is 9.54. The van der Waals surface area contributed by atoms with Gasteiger partial charge >= 0.3 is 11.9 Å². The second-order valence-electron chi connectivity index (χ2n) is 3.63. The zero-order valence-electron chi connectivity index (χ0n) is 9.54. The van der Waals surface area contributed by atoms with Crippen molar-refractivity contribution in [3.63, 3.8) is 0 Å². The second-order valence-corrected chi connectivity index (χ2v) is 3.63. The third-order valence-corrected chi connectivity index (χ3v) is 1.90. The first-order valence-electron chi connectivity index (χ1n) is 4.83. The largest absolute Gasteiger partial charge is 0.466 e. The van der Waals surface area contributed by atoms with Gasteiger partial charge in [-0.3, -0.25) is 9.59 Å². The molecule has 0 fully saturated rings. The SMILES string of the molecule is C=CCC(C)(CCOC(C)=O)OC(C)=O. The highest BCUT2D eigenvalue weighted by Gasteiger charge is 2.26. The summed E-state index contributed by atoms with van der Waals surface area (Å²) in [5.74, 6) is -0.680. The van der Waals surface area contributed by atoms with Crippen LogP contribution in [0.1, 0.15) is 33.6 Å². The van der Waals surface area contributed by atoms with Crippen molar-refractivity contribution in [2.75, 3.05) is 6.61 Å². The van der Waals surface area contributed by atoms with Gasteiger partial charge in [0.05, 0.1) is 6.61 Å². The van der Waals surface area contributed by atoms with Crippen LogP contribution in [0.4, 0.5) is 0 Å². The van der Waals surface area contributed by atoms with Crippen LogP contribution in [-0.4, -0.2) is 24.1 Å². The molecular formula is C11H18O4. The van der Waals surface area contributed by atoms with Crippen molar-refractivity contribution in [3.8, 4) is 0 Å². The lowest BCUT2D eigenvalue weighted by Crippen LogP contribution is -2.32. The third-order valence-electron chi connectivity index (χ3n) is 1.90. The molecule has 0 spiro atoms. The molecule has 0 N–H and O–H groups in total. The summed E-state index contributed by atoms with van der Waals surface area (Å²) in [5, 5.41) is 0. The van der Waals surface area contributed by atoms with E-state index in [1.54, 1.807) is 13.0 Å². The Morgan fingerprint density at radius 3 is 2.33 bits per heavy atom. The van der Waals surface area contributed by atoms with Crippen LogP contribution in [0.3, 0.4) is 0 Å². The maximum atomic E-state index is 10.9. The summed E-state index contributed by atoms with van der Waals surface area (Å²) >= 11 is 0. The molecule has 0 rings (SSSR count). The highest BCUT2D eigenvalue weighted by Crippen LogP contribution is 2.21. The Balaban J connectivity index is 4.17. The minimum Gasteiger partial charge on any atom is -0.466 e. The Morgan fingerprint density at radius 2 is 1.93 bits per heavy atom. The normalized spacial score (nSPS) is 13.8. The third kappa shape index (κ3) is 6.71. The van der Waals surface area contributed by atoms with Gasteiger partial charge in [-0.05, 0) is 6.92 Å². The molecule has 0 aliphatic rings. The first-order chi connectivity index (χ1) is 6.89. The smallest absolute Gasteiger partial charge is 0.303 e. The van der Waals surface area contributed by atoms with Gasteiger partial charge in [-0.15, -0.1) is 6.58 Å². The monoisotopic (exact) mass is 214 g/mol. The zero-order chi connectivity index (χ0) is 11.9. The number of hydrogen-bond acceptors (Lipinski definition) is 4. The summed E-state index contributed by atoms with van der Waals surface area (Å²) in [7, 11) is 0. The number of hydrogen-bond donors (Lipinski definition) is 0. The van der Waals surface area contributed by atoms with Crippen LogP contribution in [0.15, 0.2) is 12.7 Å². The van der Waals surface area contributed by atoms with E-state index in [1.807, 2.05) is 0 Å². The molecule has 1 unspecified atom stereocenters. The Bertz CT molecular complexity index is 247. The Morgan fingerprint density at radius 1 is 1.33 bits per heavy atom. The Hall–Kier alpha value is -1.32. The maximum Gasteiger partial charge on any atom is 0.303 e. The van der Waals surface area contributed by atoms with Gasteiger partial charge < -0.3 is 9.47 Å². The van der Waals surface area contributed by atoms with Crippen molar-refractivity contribution in [2.24, 2.45) is 0 Å². The van der Waals surface area contributed by atoms with Gasteiger partial charge in [0.1, 0.15) is 5.60 Å². The molecule has 4 heteroatoms. The summed E-state index contributed by atoms with van der Waals surface area (Å²) < 4.78 is 9.96. The van der Waals surface area contributed by atoms with Gasteiger partial charge in [0.15, 0.2) is 0 Å². The summed E-state index contributed by atoms with van der Waals surface area (Å²) in [5.41, 5.74) is -0.636. The van der Waals surface area contributed by atoms with Crippen molar-refractivity contribution >= 4 is 11.9 Å². The van der Waals surface area contributed by atoms with E-state index in [4.69, 9.17) is 9.47 Å². The van der Waals surface area contributed by atoms with Crippen molar-refractivity contribution in [1.82, 2.24) is 0 Å². The van der Waals surface area contributed by atoms with E-state index in [9.17, 15) is 9.59 Å². The number of carbonyl (C=O) groups is 2. The van der Waals surface area contributed by atoms with Gasteiger partial charge in [0, 0.05) is 26.7 Å². The molecular weight excluding hydrogens is 196 g/mol. The van der Waals surface area contributed by atoms with Crippen LogP contribution >= 0.6 is 0 Å². The van der Waals surface area contributed by atoms with E-state index in [0.717, 1.165) is 0 Å². The van der Waals surface area contributed by atoms with Gasteiger partial charge in [-0.1, -0.05) is 6.08 Å². The standard InChI is InChI=1S/C11H18O4/c1-5-6-11(4,15-10(3)13)7-8-14-9(2)12/h5H,1,6-8H2,2-4H3. The van der Waals surface area contributed by atoms with E-state index < -0.39 is 5.60 Å². The summed E-state index contributed by atoms with van der Waals surface area (Å²) in [6, 6.07) is 0. The molecule has 0 aliphatic heterocycles. The molecule has 0 heterocycles. The minimum absolute atomic E-state index is 0.243. The Kier molecular flexibility index (Phi) is 5.67. The molecule has 86 valence electrons. The number of rotatable bonds is 6. The summed E-state index contributed by atoms with van der Waals surface area (Å²) in [6.45, 7) is 8.33. The van der Waals surface area contributed by atoms with Gasteiger partial charge in [-0.2, -0.15) is 0 Å². The van der Waals surface area contributed by atoms with Crippen molar-refractivity contribution in [2.45, 2.75) is 39.2 Å². The number of carbonyl (C=O) groups excluding carboxylic acids is 2. The molecule has 0 radical (unpaired) electrons. The van der Waals surface area contributed by atoms with Crippen molar-refractivity contribution in [3.05, 3.63) is 12.7 Å². The molecule has 0 aromatic heterocycles. The first kappa shape index (κ1) is 13.7. The minimum atomic E-state index is -0.636. The average Bonchev–Trinajstić information content (AvgIpc) is 2.01. The predicted octanol–water partition coefficient (Wildman–Crippen LogP) is 1.84. The molecule has 0 aliphatic carbocycles. The lowest BCUT2D eigenvalue weighted by molar-refractivity contribution is -0.157. The van der Waals surface area contributed by atoms with Gasteiger partial charge in [0.2, 0.25) is 0 Å². The van der Waals surface area contributed by atoms with Crippen molar-refractivity contribution < 1.29 is 19.1 Å². The molecule has 4 nitrogen and oxygen atoms in total. The van der Waals surface area contributed by atoms with E-state index in [1.165, 1.54) is 13.8 Å². The summed E-state index contributed by atoms with van der Waals surface area (Å²) in [4.78, 5) is 21.4. The molecule has 0 aromatic carbocycles. The molecule has 1 atom stereocenters. The fraction of sp³-hybridized carbons (Fsp3) is 0.636. The average molecular weight is 214 g/mol. The van der Waals surface area contributed by atoms with E-state index >= 15 is 0 Å². The second kappa shape index (κ2) is 6.22. The van der Waals surface area contributed by atoms with Gasteiger partial charge in [0.25, 0.3) is 0 Å². The van der Waals surface area contributed by atoms with Crippen LogP contribution in [0.25, 0.3) is 0 Å². The van der Waals surface area contributed by atoms with Crippen LogP contribution in [0.2, 0.25) is 0 Å². The fourth-order valence-corrected chi connectivity index (χ4v) is 1.26. The first-order valence-corrected chi connectivity index (χ1v) is 4.83. The lowest BCUT2D eigenvalue weighted by atomic mass is 9.98. The molecule has 0 saturated carbocycles. The molecule has 0 saturated heterocycles. The number of esters is 2. The van der Waals surface area contributed by atoms with E-state index in [0.29, 0.717) is 12.8 Å². The van der Waals surface area contributed by atoms with Crippen LogP contribution in [-0.2, 0) is 19.1 Å². The fourth-order valence-electron chi connectivity index (χ4n) is 1.26. The highest BCUT2D eigenvalue weighted by molar-refractivity contribution is 5.66. The van der Waals surface area contributed by atoms with E-state index in [2.05, 4.69) is 6.58 Å². The number of ether oxygens (including phenoxy) is 2. The lowest BCUT2D eigenvalue weighted by Gasteiger charge is -2.27. The summed E-state index contributed by atoms with van der Waals surface area (Å²) in [6.07, 6.45) is 2.68. The topological polar surface area (TPSA) is 52.6 Å². The van der Waals surface area contributed by atoms with Crippen LogP contribution < -0.4 is 0 Å². The molecule has 15 heavy (non-hydrogen) atoms. The van der Waals surface area contributed by atoms with Crippen LogP contribution in [0.5, 0.6) is 0 Å².